The van der Waals surface area contributed by atoms with Crippen LogP contribution in [-0.4, -0.2) is 27.2 Å². The first kappa shape index (κ1) is 15.2. The van der Waals surface area contributed by atoms with Gasteiger partial charge in [-0.3, -0.25) is 0 Å². The molecule has 0 aliphatic rings. The number of carbonyl (C=O) groups is 1. The molecule has 0 aliphatic heterocycles. The summed E-state index contributed by atoms with van der Waals surface area (Å²) in [6.45, 7) is 4.16. The molecule has 0 unspecified atom stereocenters. The molecule has 1 rings (SSSR count). The van der Waals surface area contributed by atoms with Crippen molar-refractivity contribution >= 4 is 31.7 Å². The lowest BCUT2D eigenvalue weighted by Gasteiger charge is -2.08. The summed E-state index contributed by atoms with van der Waals surface area (Å²) in [6.07, 6.45) is 1.09. The predicted octanol–water partition coefficient (Wildman–Crippen LogP) is 2.67. The van der Waals surface area contributed by atoms with E-state index in [2.05, 4.69) is 15.9 Å². The molecule has 0 saturated heterocycles. The summed E-state index contributed by atoms with van der Waals surface area (Å²) in [5.41, 5.74) is 0.235. The molecule has 0 N–H and O–H groups in total. The minimum Gasteiger partial charge on any atom is -0.462 e. The molecule has 0 radical (unpaired) electrons. The Labute approximate surface area is 115 Å². The molecule has 1 aromatic carbocycles. The van der Waals surface area contributed by atoms with Gasteiger partial charge in [-0.2, -0.15) is 0 Å². The first-order valence-electron chi connectivity index (χ1n) is 5.38. The van der Waals surface area contributed by atoms with E-state index in [9.17, 15) is 13.2 Å². The van der Waals surface area contributed by atoms with Crippen LogP contribution in [0.5, 0.6) is 0 Å². The highest BCUT2D eigenvalue weighted by Crippen LogP contribution is 2.23. The topological polar surface area (TPSA) is 60.4 Å². The zero-order valence-electron chi connectivity index (χ0n) is 10.4. The van der Waals surface area contributed by atoms with Gasteiger partial charge in [0.2, 0.25) is 0 Å². The molecule has 0 spiro atoms. The maximum atomic E-state index is 11.7. The molecule has 0 bridgehead atoms. The second-order valence-electron chi connectivity index (χ2n) is 4.41. The Morgan fingerprint density at radius 3 is 2.50 bits per heavy atom. The molecule has 0 saturated carbocycles. The molecule has 1 aromatic rings. The summed E-state index contributed by atoms with van der Waals surface area (Å²) in [6, 6.07) is 4.38. The van der Waals surface area contributed by atoms with E-state index in [1.165, 1.54) is 18.2 Å². The largest absolute Gasteiger partial charge is 0.462 e. The molecule has 6 heteroatoms. The van der Waals surface area contributed by atoms with Gasteiger partial charge in [0.1, 0.15) is 0 Å². The van der Waals surface area contributed by atoms with E-state index in [1.54, 1.807) is 0 Å². The van der Waals surface area contributed by atoms with Crippen molar-refractivity contribution in [2.45, 2.75) is 18.7 Å². The average Bonchev–Trinajstić information content (AvgIpc) is 2.24. The molecule has 0 heterocycles. The number of sulfone groups is 1. The molecule has 0 aromatic heterocycles. The Kier molecular flexibility index (Phi) is 4.92. The Balaban J connectivity index is 3.02. The monoisotopic (exact) mass is 334 g/mol. The third-order valence-electron chi connectivity index (χ3n) is 2.11. The number of esters is 1. The number of rotatable bonds is 4. The van der Waals surface area contributed by atoms with Crippen LogP contribution in [0.2, 0.25) is 0 Å². The van der Waals surface area contributed by atoms with Crippen LogP contribution in [0.3, 0.4) is 0 Å². The van der Waals surface area contributed by atoms with Crippen molar-refractivity contribution in [3.05, 3.63) is 28.2 Å². The van der Waals surface area contributed by atoms with E-state index < -0.39 is 15.8 Å². The van der Waals surface area contributed by atoms with Crippen molar-refractivity contribution in [3.63, 3.8) is 0 Å². The highest BCUT2D eigenvalue weighted by atomic mass is 79.9. The lowest BCUT2D eigenvalue weighted by atomic mass is 10.2. The number of hydrogen-bond donors (Lipinski definition) is 0. The fourth-order valence-electron chi connectivity index (χ4n) is 1.24. The van der Waals surface area contributed by atoms with Crippen LogP contribution < -0.4 is 0 Å². The lowest BCUT2D eigenvalue weighted by Crippen LogP contribution is -2.11. The molecule has 4 nitrogen and oxygen atoms in total. The van der Waals surface area contributed by atoms with Gasteiger partial charge in [-0.05, 0) is 40.0 Å². The van der Waals surface area contributed by atoms with Crippen LogP contribution in [0.15, 0.2) is 27.6 Å². The third kappa shape index (κ3) is 4.10. The van der Waals surface area contributed by atoms with Crippen molar-refractivity contribution in [1.82, 2.24) is 0 Å². The summed E-state index contributed by atoms with van der Waals surface area (Å²) < 4.78 is 28.5. The van der Waals surface area contributed by atoms with Gasteiger partial charge in [0, 0.05) is 10.7 Å². The van der Waals surface area contributed by atoms with Gasteiger partial charge in [0.05, 0.1) is 17.1 Å². The van der Waals surface area contributed by atoms with Gasteiger partial charge >= 0.3 is 5.97 Å². The molecule has 0 amide bonds. The molecular weight excluding hydrogens is 320 g/mol. The van der Waals surface area contributed by atoms with Crippen molar-refractivity contribution in [3.8, 4) is 0 Å². The molecule has 0 fully saturated rings. The molecule has 0 aliphatic carbocycles. The quantitative estimate of drug-likeness (QED) is 0.794. The summed E-state index contributed by atoms with van der Waals surface area (Å²) >= 11 is 3.15. The van der Waals surface area contributed by atoms with Gasteiger partial charge in [-0.25, -0.2) is 13.2 Å². The fourth-order valence-corrected chi connectivity index (χ4v) is 3.13. The summed E-state index contributed by atoms with van der Waals surface area (Å²) in [7, 11) is -3.38. The van der Waals surface area contributed by atoms with Gasteiger partial charge in [0.25, 0.3) is 0 Å². The Morgan fingerprint density at radius 1 is 1.39 bits per heavy atom. The van der Waals surface area contributed by atoms with E-state index in [-0.39, 0.29) is 16.4 Å². The van der Waals surface area contributed by atoms with Crippen molar-refractivity contribution < 1.29 is 17.9 Å². The van der Waals surface area contributed by atoms with E-state index in [4.69, 9.17) is 4.74 Å². The van der Waals surface area contributed by atoms with E-state index in [0.29, 0.717) is 11.1 Å². The van der Waals surface area contributed by atoms with E-state index in [1.807, 2.05) is 13.8 Å². The number of benzene rings is 1. The van der Waals surface area contributed by atoms with E-state index in [0.717, 1.165) is 6.26 Å². The third-order valence-corrected chi connectivity index (χ3v) is 4.20. The predicted molar refractivity (Wildman–Crippen MR) is 72.4 cm³/mol. The van der Waals surface area contributed by atoms with Crippen LogP contribution in [0, 0.1) is 5.92 Å². The maximum Gasteiger partial charge on any atom is 0.338 e. The zero-order chi connectivity index (χ0) is 13.9. The second kappa shape index (κ2) is 5.84. The Bertz CT molecular complexity index is 549. The number of carbonyl (C=O) groups excluding carboxylic acids is 1. The van der Waals surface area contributed by atoms with Crippen molar-refractivity contribution in [1.29, 1.82) is 0 Å². The first-order chi connectivity index (χ1) is 8.21. The fraction of sp³-hybridized carbons (Fsp3) is 0.417. The van der Waals surface area contributed by atoms with Crippen LogP contribution in [0.4, 0.5) is 0 Å². The zero-order valence-corrected chi connectivity index (χ0v) is 12.8. The normalized spacial score (nSPS) is 11.6. The molecule has 18 heavy (non-hydrogen) atoms. The Hall–Kier alpha value is -0.880. The standard InChI is InChI=1S/C12H15BrO4S/c1-8(2)7-17-12(14)9-4-5-10(13)11(6-9)18(3,15)16/h4-6,8H,7H2,1-3H3. The smallest absolute Gasteiger partial charge is 0.338 e. The number of hydrogen-bond acceptors (Lipinski definition) is 4. The minimum absolute atomic E-state index is 0.0847. The second-order valence-corrected chi connectivity index (χ2v) is 7.25. The van der Waals surface area contributed by atoms with Crippen molar-refractivity contribution in [2.75, 3.05) is 12.9 Å². The van der Waals surface area contributed by atoms with Crippen molar-refractivity contribution in [2.24, 2.45) is 5.92 Å². The van der Waals surface area contributed by atoms with E-state index >= 15 is 0 Å². The highest BCUT2D eigenvalue weighted by molar-refractivity contribution is 9.10. The number of ether oxygens (including phenoxy) is 1. The van der Waals surface area contributed by atoms with Crippen LogP contribution >= 0.6 is 15.9 Å². The number of halogens is 1. The lowest BCUT2D eigenvalue weighted by molar-refractivity contribution is 0.0458. The van der Waals surface area contributed by atoms with Crippen LogP contribution in [0.1, 0.15) is 24.2 Å². The van der Waals surface area contributed by atoms with Crippen LogP contribution in [-0.2, 0) is 14.6 Å². The summed E-state index contributed by atoms with van der Waals surface area (Å²) in [4.78, 5) is 11.8. The Morgan fingerprint density at radius 2 is 2.00 bits per heavy atom. The van der Waals surface area contributed by atoms with Gasteiger partial charge < -0.3 is 4.74 Å². The van der Waals surface area contributed by atoms with Crippen LogP contribution in [0.25, 0.3) is 0 Å². The molecular formula is C12H15BrO4S. The molecule has 100 valence electrons. The highest BCUT2D eigenvalue weighted by Gasteiger charge is 2.16. The van der Waals surface area contributed by atoms with Gasteiger partial charge in [0.15, 0.2) is 9.84 Å². The summed E-state index contributed by atoms with van der Waals surface area (Å²) in [5, 5.41) is 0. The first-order valence-corrected chi connectivity index (χ1v) is 8.07. The summed E-state index contributed by atoms with van der Waals surface area (Å²) in [5.74, 6) is -0.278. The SMILES string of the molecule is CC(C)COC(=O)c1ccc(Br)c(S(C)(=O)=O)c1. The van der Waals surface area contributed by atoms with Gasteiger partial charge in [-0.15, -0.1) is 0 Å². The van der Waals surface area contributed by atoms with Gasteiger partial charge in [-0.1, -0.05) is 13.8 Å². The minimum atomic E-state index is -3.38. The average molecular weight is 335 g/mol. The molecule has 0 atom stereocenters. The maximum absolute atomic E-state index is 11.7.